The van der Waals surface area contributed by atoms with Crippen LogP contribution in [-0.4, -0.2) is 29.8 Å². The van der Waals surface area contributed by atoms with E-state index in [1.165, 1.54) is 16.2 Å². The molecular formula is C25H23N3O5S. The quantitative estimate of drug-likeness (QED) is 0.389. The van der Waals surface area contributed by atoms with Gasteiger partial charge in [0.25, 0.3) is 5.91 Å². The van der Waals surface area contributed by atoms with E-state index in [0.717, 1.165) is 5.01 Å². The third-order valence-corrected chi connectivity index (χ3v) is 6.93. The first-order valence-electron chi connectivity index (χ1n) is 11.0. The molecule has 1 aliphatic heterocycles. The number of anilines is 1. The van der Waals surface area contributed by atoms with E-state index in [-0.39, 0.29) is 22.7 Å². The van der Waals surface area contributed by atoms with Crippen molar-refractivity contribution in [3.63, 3.8) is 0 Å². The van der Waals surface area contributed by atoms with Crippen molar-refractivity contribution < 1.29 is 18.7 Å². The molecule has 0 saturated carbocycles. The number of methoxy groups -OCH3 is 1. The maximum absolute atomic E-state index is 13.7. The predicted octanol–water partition coefficient (Wildman–Crippen LogP) is 4.93. The van der Waals surface area contributed by atoms with E-state index in [2.05, 4.69) is 10.2 Å². The van der Waals surface area contributed by atoms with Crippen LogP contribution < -0.4 is 19.8 Å². The molecule has 174 valence electrons. The molecule has 9 heteroatoms. The van der Waals surface area contributed by atoms with Gasteiger partial charge in [0, 0.05) is 5.92 Å². The largest absolute Gasteiger partial charge is 0.493 e. The zero-order valence-corrected chi connectivity index (χ0v) is 20.0. The van der Waals surface area contributed by atoms with Gasteiger partial charge in [-0.15, -0.1) is 10.2 Å². The van der Waals surface area contributed by atoms with Gasteiger partial charge in [0.1, 0.15) is 10.6 Å². The number of aromatic nitrogens is 2. The molecular weight excluding hydrogens is 454 g/mol. The van der Waals surface area contributed by atoms with Gasteiger partial charge in [-0.3, -0.25) is 14.5 Å². The normalized spacial score (nSPS) is 15.3. The summed E-state index contributed by atoms with van der Waals surface area (Å²) in [6.45, 7) is 6.39. The zero-order chi connectivity index (χ0) is 24.0. The topological polar surface area (TPSA) is 94.8 Å². The number of ether oxygens (including phenoxy) is 2. The minimum atomic E-state index is -0.749. The first kappa shape index (κ1) is 22.1. The highest BCUT2D eigenvalue weighted by molar-refractivity contribution is 7.15. The summed E-state index contributed by atoms with van der Waals surface area (Å²) in [5.41, 5.74) is 1.07. The molecule has 1 amide bonds. The van der Waals surface area contributed by atoms with Crippen LogP contribution in [0.3, 0.4) is 0 Å². The number of benzene rings is 2. The fourth-order valence-electron chi connectivity index (χ4n) is 4.12. The summed E-state index contributed by atoms with van der Waals surface area (Å²) in [6.07, 6.45) is 0. The van der Waals surface area contributed by atoms with Crippen LogP contribution >= 0.6 is 11.3 Å². The molecule has 0 spiro atoms. The fourth-order valence-corrected chi connectivity index (χ4v) is 4.99. The van der Waals surface area contributed by atoms with Crippen LogP contribution in [0.1, 0.15) is 59.4 Å². The van der Waals surface area contributed by atoms with Crippen molar-refractivity contribution in [2.75, 3.05) is 18.6 Å². The molecule has 0 fully saturated rings. The molecule has 0 N–H and O–H groups in total. The van der Waals surface area contributed by atoms with Crippen molar-refractivity contribution in [1.82, 2.24) is 10.2 Å². The highest BCUT2D eigenvalue weighted by Gasteiger charge is 2.45. The van der Waals surface area contributed by atoms with Gasteiger partial charge in [-0.1, -0.05) is 43.4 Å². The number of nitrogens with zero attached hydrogens (tertiary/aromatic N) is 3. The average molecular weight is 478 g/mol. The van der Waals surface area contributed by atoms with E-state index < -0.39 is 11.9 Å². The summed E-state index contributed by atoms with van der Waals surface area (Å²) in [6, 6.07) is 11.6. The molecule has 2 aromatic heterocycles. The van der Waals surface area contributed by atoms with E-state index >= 15 is 0 Å². The first-order valence-corrected chi connectivity index (χ1v) is 11.8. The summed E-state index contributed by atoms with van der Waals surface area (Å²) >= 11 is 1.33. The Morgan fingerprint density at radius 2 is 1.91 bits per heavy atom. The predicted molar refractivity (Wildman–Crippen MR) is 129 cm³/mol. The Kier molecular flexibility index (Phi) is 5.57. The minimum Gasteiger partial charge on any atom is -0.493 e. The number of carbonyl (C=O) groups excluding carboxylic acids is 1. The SMILES string of the molecule is CCOc1ccc(C2c3c(oc4ccccc4c3=O)C(=O)N2c2nnc(C(C)C)s2)cc1OC. The second-order valence-corrected chi connectivity index (χ2v) is 9.16. The van der Waals surface area contributed by atoms with Crippen LogP contribution in [0.5, 0.6) is 11.5 Å². The zero-order valence-electron chi connectivity index (χ0n) is 19.2. The highest BCUT2D eigenvalue weighted by Crippen LogP contribution is 2.44. The summed E-state index contributed by atoms with van der Waals surface area (Å²) in [5.74, 6) is 0.821. The van der Waals surface area contributed by atoms with Gasteiger partial charge in [-0.25, -0.2) is 0 Å². The Bertz CT molecular complexity index is 1460. The van der Waals surface area contributed by atoms with Gasteiger partial charge in [-0.05, 0) is 36.8 Å². The lowest BCUT2D eigenvalue weighted by atomic mass is 9.98. The second kappa shape index (κ2) is 8.57. The Hall–Kier alpha value is -3.72. The number of fused-ring (bicyclic) bond motifs is 2. The van der Waals surface area contributed by atoms with Crippen LogP contribution in [0.25, 0.3) is 11.0 Å². The van der Waals surface area contributed by atoms with E-state index in [0.29, 0.717) is 39.8 Å². The molecule has 1 aliphatic rings. The number of hydrogen-bond acceptors (Lipinski definition) is 8. The molecule has 0 saturated heterocycles. The number of hydrogen-bond donors (Lipinski definition) is 0. The Morgan fingerprint density at radius 1 is 1.12 bits per heavy atom. The standard InChI is InChI=1S/C25H23N3O5S/c1-5-32-17-11-10-14(12-18(17)31-4)20-19-21(29)15-8-6-7-9-16(15)33-22(19)24(30)28(20)25-27-26-23(34-25)13(2)3/h6-13,20H,5H2,1-4H3. The van der Waals surface area contributed by atoms with Gasteiger partial charge < -0.3 is 13.9 Å². The third kappa shape index (κ3) is 3.43. The lowest BCUT2D eigenvalue weighted by Crippen LogP contribution is -2.29. The third-order valence-electron chi connectivity index (χ3n) is 5.71. The van der Waals surface area contributed by atoms with Crippen molar-refractivity contribution in [3.05, 3.63) is 74.6 Å². The van der Waals surface area contributed by atoms with Crippen molar-refractivity contribution in [2.24, 2.45) is 0 Å². The maximum atomic E-state index is 13.7. The Morgan fingerprint density at radius 3 is 2.62 bits per heavy atom. The molecule has 34 heavy (non-hydrogen) atoms. The molecule has 8 nitrogen and oxygen atoms in total. The molecule has 5 rings (SSSR count). The molecule has 1 unspecified atom stereocenters. The number of rotatable bonds is 6. The van der Waals surface area contributed by atoms with Gasteiger partial charge >= 0.3 is 0 Å². The van der Waals surface area contributed by atoms with Crippen LogP contribution in [0, 0.1) is 0 Å². The van der Waals surface area contributed by atoms with Crippen LogP contribution in [0.15, 0.2) is 51.7 Å². The lowest BCUT2D eigenvalue weighted by molar-refractivity contribution is 0.0970. The van der Waals surface area contributed by atoms with Crippen LogP contribution in [0.2, 0.25) is 0 Å². The highest BCUT2D eigenvalue weighted by atomic mass is 32.1. The molecule has 0 bridgehead atoms. The van der Waals surface area contributed by atoms with E-state index in [1.807, 2.05) is 26.8 Å². The van der Waals surface area contributed by atoms with Crippen molar-refractivity contribution in [2.45, 2.75) is 32.7 Å². The van der Waals surface area contributed by atoms with Crippen LogP contribution in [0.4, 0.5) is 5.13 Å². The Labute approximate surface area is 199 Å². The van der Waals surface area contributed by atoms with Gasteiger partial charge in [0.15, 0.2) is 16.9 Å². The van der Waals surface area contributed by atoms with E-state index in [9.17, 15) is 9.59 Å². The van der Waals surface area contributed by atoms with Gasteiger partial charge in [0.05, 0.1) is 30.7 Å². The van der Waals surface area contributed by atoms with E-state index in [4.69, 9.17) is 13.9 Å². The van der Waals surface area contributed by atoms with Crippen molar-refractivity contribution >= 4 is 33.3 Å². The minimum absolute atomic E-state index is 0.0165. The lowest BCUT2D eigenvalue weighted by Gasteiger charge is -2.23. The fraction of sp³-hybridized carbons (Fsp3) is 0.280. The number of para-hydroxylation sites is 1. The van der Waals surface area contributed by atoms with Gasteiger partial charge in [0.2, 0.25) is 10.9 Å². The van der Waals surface area contributed by atoms with Crippen molar-refractivity contribution in [3.8, 4) is 11.5 Å². The summed E-state index contributed by atoms with van der Waals surface area (Å²) in [7, 11) is 1.55. The first-order chi connectivity index (χ1) is 16.4. The number of carbonyl (C=O) groups is 1. The monoisotopic (exact) mass is 477 g/mol. The molecule has 0 aliphatic carbocycles. The molecule has 1 atom stereocenters. The number of amides is 1. The summed E-state index contributed by atoms with van der Waals surface area (Å²) in [4.78, 5) is 28.8. The molecule has 2 aromatic carbocycles. The molecule has 3 heterocycles. The maximum Gasteiger partial charge on any atom is 0.297 e. The average Bonchev–Trinajstić information content (AvgIpc) is 3.43. The van der Waals surface area contributed by atoms with Crippen LogP contribution in [-0.2, 0) is 0 Å². The Balaban J connectivity index is 1.76. The van der Waals surface area contributed by atoms with Gasteiger partial charge in [-0.2, -0.15) is 0 Å². The smallest absolute Gasteiger partial charge is 0.297 e. The summed E-state index contributed by atoms with van der Waals surface area (Å²) in [5, 5.41) is 10.2. The summed E-state index contributed by atoms with van der Waals surface area (Å²) < 4.78 is 17.2. The molecule has 0 radical (unpaired) electrons. The van der Waals surface area contributed by atoms with Crippen molar-refractivity contribution in [1.29, 1.82) is 0 Å². The molecule has 4 aromatic rings. The van der Waals surface area contributed by atoms with E-state index in [1.54, 1.807) is 43.5 Å². The second-order valence-electron chi connectivity index (χ2n) is 8.17.